The number of nitrogens with zero attached hydrogens (tertiary/aromatic N) is 1. The molecule has 1 heterocycles. The molecule has 1 fully saturated rings. The van der Waals surface area contributed by atoms with Crippen LogP contribution < -0.4 is 10.5 Å². The number of nitrogens with one attached hydrogen (secondary N) is 1. The third-order valence-electron chi connectivity index (χ3n) is 4.69. The predicted molar refractivity (Wildman–Crippen MR) is 95.9 cm³/mol. The lowest BCUT2D eigenvalue weighted by atomic mass is 9.90. The number of hydrogen-bond donors (Lipinski definition) is 2. The topological polar surface area (TPSA) is 102 Å². The number of ether oxygens (including phenoxy) is 1. The van der Waals surface area contributed by atoms with E-state index in [9.17, 15) is 13.2 Å². The van der Waals surface area contributed by atoms with Gasteiger partial charge < -0.3 is 15.4 Å². The van der Waals surface area contributed by atoms with Crippen LogP contribution in [0.15, 0.2) is 23.1 Å². The van der Waals surface area contributed by atoms with E-state index in [2.05, 4.69) is 11.6 Å². The van der Waals surface area contributed by atoms with Crippen molar-refractivity contribution in [3.63, 3.8) is 0 Å². The second-order valence-electron chi connectivity index (χ2n) is 6.86. The summed E-state index contributed by atoms with van der Waals surface area (Å²) in [5.74, 6) is -0.149. The molecule has 0 spiro atoms. The first-order valence-electron chi connectivity index (χ1n) is 8.31. The lowest BCUT2D eigenvalue weighted by Crippen LogP contribution is -2.35. The second kappa shape index (κ2) is 7.82. The molecule has 1 amide bonds. The van der Waals surface area contributed by atoms with Gasteiger partial charge in [0.25, 0.3) is 5.91 Å². The van der Waals surface area contributed by atoms with Gasteiger partial charge in [-0.25, -0.2) is 13.1 Å². The molecule has 1 saturated heterocycles. The fourth-order valence-corrected chi connectivity index (χ4v) is 3.93. The highest BCUT2D eigenvalue weighted by atomic mass is 32.2. The monoisotopic (exact) mass is 369 g/mol. The Bertz CT molecular complexity index is 735. The first-order valence-corrected chi connectivity index (χ1v) is 9.79. The quantitative estimate of drug-likeness (QED) is 0.690. The van der Waals surface area contributed by atoms with Gasteiger partial charge in [-0.15, -0.1) is 0 Å². The molecule has 7 nitrogen and oxygen atoms in total. The first kappa shape index (κ1) is 19.8. The molecule has 1 aliphatic rings. The number of benzene rings is 1. The summed E-state index contributed by atoms with van der Waals surface area (Å²) in [4.78, 5) is 14.7. The van der Waals surface area contributed by atoms with Crippen LogP contribution in [-0.2, 0) is 14.8 Å². The molecule has 140 valence electrons. The summed E-state index contributed by atoms with van der Waals surface area (Å²) in [5, 5.41) is 0. The van der Waals surface area contributed by atoms with Crippen molar-refractivity contribution >= 4 is 15.9 Å². The van der Waals surface area contributed by atoms with E-state index >= 15 is 0 Å². The zero-order valence-electron chi connectivity index (χ0n) is 15.0. The maximum Gasteiger partial charge on any atom is 0.254 e. The minimum Gasteiger partial charge on any atom is -0.383 e. The van der Waals surface area contributed by atoms with Gasteiger partial charge in [0.05, 0.1) is 11.5 Å². The summed E-state index contributed by atoms with van der Waals surface area (Å²) in [7, 11) is -2.17. The lowest BCUT2D eigenvalue weighted by molar-refractivity contribution is 0.0776. The van der Waals surface area contributed by atoms with E-state index in [1.54, 1.807) is 17.9 Å². The predicted octanol–water partition coefficient (Wildman–Crippen LogP) is 0.731. The minimum atomic E-state index is -3.68. The summed E-state index contributed by atoms with van der Waals surface area (Å²) in [6, 6.07) is 4.62. The fraction of sp³-hybridized carbons (Fsp3) is 0.588. The molecule has 2 rings (SSSR count). The van der Waals surface area contributed by atoms with E-state index in [-0.39, 0.29) is 29.4 Å². The maximum atomic E-state index is 12.9. The number of carbonyl (C=O) groups excluding carboxylic acids is 1. The summed E-state index contributed by atoms with van der Waals surface area (Å²) >= 11 is 0. The van der Waals surface area contributed by atoms with E-state index in [1.165, 1.54) is 19.2 Å². The molecule has 0 aromatic heterocycles. The van der Waals surface area contributed by atoms with Gasteiger partial charge in [-0.2, -0.15) is 0 Å². The molecule has 1 aromatic rings. The van der Waals surface area contributed by atoms with E-state index < -0.39 is 10.0 Å². The van der Waals surface area contributed by atoms with Gasteiger partial charge in [-0.05, 0) is 43.0 Å². The second-order valence-corrected chi connectivity index (χ2v) is 8.63. The number of rotatable bonds is 7. The number of hydrogen-bond acceptors (Lipinski definition) is 5. The van der Waals surface area contributed by atoms with Crippen molar-refractivity contribution in [1.82, 2.24) is 9.62 Å². The summed E-state index contributed by atoms with van der Waals surface area (Å²) in [6.07, 6.45) is 0.852. The molecule has 0 bridgehead atoms. The van der Waals surface area contributed by atoms with Crippen LogP contribution in [0.5, 0.6) is 0 Å². The molecular weight excluding hydrogens is 342 g/mol. The van der Waals surface area contributed by atoms with E-state index in [1.807, 2.05) is 0 Å². The van der Waals surface area contributed by atoms with Crippen LogP contribution in [0.2, 0.25) is 0 Å². The fourth-order valence-electron chi connectivity index (χ4n) is 2.89. The molecule has 0 radical (unpaired) electrons. The molecule has 0 saturated carbocycles. The number of amides is 1. The smallest absolute Gasteiger partial charge is 0.254 e. The van der Waals surface area contributed by atoms with Crippen molar-refractivity contribution in [2.75, 3.05) is 39.9 Å². The number of sulfonamides is 1. The van der Waals surface area contributed by atoms with Crippen LogP contribution in [0.3, 0.4) is 0 Å². The van der Waals surface area contributed by atoms with Crippen molar-refractivity contribution in [2.45, 2.75) is 25.2 Å². The van der Waals surface area contributed by atoms with E-state index in [4.69, 9.17) is 10.5 Å². The Morgan fingerprint density at radius 1 is 1.44 bits per heavy atom. The SMILES string of the molecule is COCCNS(=O)(=O)c1ccc(C)c(C(=O)N2CCC(C)(CN)C2)c1. The van der Waals surface area contributed by atoms with Crippen molar-refractivity contribution in [2.24, 2.45) is 11.1 Å². The van der Waals surface area contributed by atoms with Crippen LogP contribution in [0.25, 0.3) is 0 Å². The van der Waals surface area contributed by atoms with E-state index in [0.717, 1.165) is 12.0 Å². The Balaban J connectivity index is 2.23. The zero-order chi connectivity index (χ0) is 18.7. The van der Waals surface area contributed by atoms with Gasteiger partial charge in [0.1, 0.15) is 0 Å². The van der Waals surface area contributed by atoms with Crippen LogP contribution in [-0.4, -0.2) is 59.1 Å². The van der Waals surface area contributed by atoms with Crippen LogP contribution in [0.1, 0.15) is 29.3 Å². The Morgan fingerprint density at radius 2 is 2.16 bits per heavy atom. The molecule has 1 aliphatic heterocycles. The van der Waals surface area contributed by atoms with Gasteiger partial charge in [-0.1, -0.05) is 13.0 Å². The van der Waals surface area contributed by atoms with Gasteiger partial charge >= 0.3 is 0 Å². The molecule has 8 heteroatoms. The van der Waals surface area contributed by atoms with Crippen LogP contribution in [0, 0.1) is 12.3 Å². The number of nitrogens with two attached hydrogens (primary N) is 1. The van der Waals surface area contributed by atoms with E-state index in [0.29, 0.717) is 25.2 Å². The third-order valence-corrected chi connectivity index (χ3v) is 6.14. The average Bonchev–Trinajstić information content (AvgIpc) is 2.98. The molecule has 0 aliphatic carbocycles. The zero-order valence-corrected chi connectivity index (χ0v) is 15.9. The Labute approximate surface area is 149 Å². The normalized spacial score (nSPS) is 20.9. The number of likely N-dealkylation sites (tertiary alicyclic amines) is 1. The Morgan fingerprint density at radius 3 is 2.76 bits per heavy atom. The lowest BCUT2D eigenvalue weighted by Gasteiger charge is -2.23. The summed E-state index contributed by atoms with van der Waals surface area (Å²) < 4.78 is 32.0. The summed E-state index contributed by atoms with van der Waals surface area (Å²) in [5.41, 5.74) is 6.89. The molecular formula is C17H27N3O4S. The van der Waals surface area contributed by atoms with Gasteiger partial charge in [-0.3, -0.25) is 4.79 Å². The highest BCUT2D eigenvalue weighted by molar-refractivity contribution is 7.89. The van der Waals surface area contributed by atoms with Gasteiger partial charge in [0, 0.05) is 32.3 Å². The third kappa shape index (κ3) is 4.58. The van der Waals surface area contributed by atoms with Gasteiger partial charge in [0.15, 0.2) is 0 Å². The highest BCUT2D eigenvalue weighted by Crippen LogP contribution is 2.30. The van der Waals surface area contributed by atoms with Crippen molar-refractivity contribution in [1.29, 1.82) is 0 Å². The maximum absolute atomic E-state index is 12.9. The van der Waals surface area contributed by atoms with Crippen molar-refractivity contribution < 1.29 is 17.9 Å². The Hall–Kier alpha value is -1.48. The standard InChI is InChI=1S/C17H27N3O4S/c1-13-4-5-14(25(22,23)19-7-9-24-3)10-15(13)16(21)20-8-6-17(2,11-18)12-20/h4-5,10,19H,6-9,11-12,18H2,1-3H3. The van der Waals surface area contributed by atoms with Crippen molar-refractivity contribution in [3.8, 4) is 0 Å². The molecule has 1 atom stereocenters. The minimum absolute atomic E-state index is 0.0744. The molecule has 1 unspecified atom stereocenters. The molecule has 3 N–H and O–H groups in total. The number of carbonyl (C=O) groups is 1. The summed E-state index contributed by atoms with van der Waals surface area (Å²) in [6.45, 7) is 6.07. The Kier molecular flexibility index (Phi) is 6.21. The van der Waals surface area contributed by atoms with Crippen LogP contribution >= 0.6 is 0 Å². The largest absolute Gasteiger partial charge is 0.383 e. The van der Waals surface area contributed by atoms with Crippen LogP contribution in [0.4, 0.5) is 0 Å². The van der Waals surface area contributed by atoms with Crippen molar-refractivity contribution in [3.05, 3.63) is 29.3 Å². The molecule has 1 aromatic carbocycles. The average molecular weight is 369 g/mol. The highest BCUT2D eigenvalue weighted by Gasteiger charge is 2.35. The van der Waals surface area contributed by atoms with Gasteiger partial charge in [0.2, 0.25) is 10.0 Å². The number of aryl methyl sites for hydroxylation is 1. The first-order chi connectivity index (χ1) is 11.7. The molecule has 25 heavy (non-hydrogen) atoms. The number of methoxy groups -OCH3 is 1.